The van der Waals surface area contributed by atoms with Crippen LogP contribution >= 0.6 is 11.3 Å². The lowest BCUT2D eigenvalue weighted by Gasteiger charge is -2.22. The van der Waals surface area contributed by atoms with E-state index in [4.69, 9.17) is 4.52 Å². The van der Waals surface area contributed by atoms with Crippen LogP contribution in [0.3, 0.4) is 0 Å². The van der Waals surface area contributed by atoms with Crippen molar-refractivity contribution < 1.29 is 18.8 Å². The van der Waals surface area contributed by atoms with Crippen molar-refractivity contribution in [1.29, 1.82) is 0 Å². The Morgan fingerprint density at radius 3 is 2.76 bits per heavy atom. The van der Waals surface area contributed by atoms with E-state index in [-0.39, 0.29) is 12.5 Å². The summed E-state index contributed by atoms with van der Waals surface area (Å²) in [6, 6.07) is 2.84. The monoisotopic (exact) mass is 416 g/mol. The molecule has 0 aliphatic carbocycles. The number of rotatable bonds is 6. The average molecular weight is 416 g/mol. The average Bonchev–Trinajstić information content (AvgIpc) is 3.23. The van der Waals surface area contributed by atoms with Crippen LogP contribution in [0.1, 0.15) is 45.5 Å². The molecule has 29 heavy (non-hydrogen) atoms. The highest BCUT2D eigenvalue weighted by Crippen LogP contribution is 2.27. The number of aromatic nitrogens is 3. The summed E-state index contributed by atoms with van der Waals surface area (Å²) >= 11 is 1.24. The van der Waals surface area contributed by atoms with Gasteiger partial charge in [-0.05, 0) is 52.0 Å². The highest BCUT2D eigenvalue weighted by Gasteiger charge is 2.23. The lowest BCUT2D eigenvalue weighted by molar-refractivity contribution is 0.0872. The normalized spacial score (nSPS) is 11.9. The quantitative estimate of drug-likeness (QED) is 0.636. The third-order valence-corrected chi connectivity index (χ3v) is 5.26. The van der Waals surface area contributed by atoms with Gasteiger partial charge in [-0.2, -0.15) is 0 Å². The maximum Gasteiger partial charge on any atom is 0.263 e. The van der Waals surface area contributed by atoms with E-state index in [0.717, 1.165) is 6.20 Å². The van der Waals surface area contributed by atoms with Crippen molar-refractivity contribution in [2.75, 3.05) is 6.61 Å². The molecule has 3 aromatic rings. The van der Waals surface area contributed by atoms with Gasteiger partial charge in [-0.15, -0.1) is 11.3 Å². The van der Waals surface area contributed by atoms with Gasteiger partial charge < -0.3 is 14.9 Å². The van der Waals surface area contributed by atoms with E-state index in [1.165, 1.54) is 23.5 Å². The second kappa shape index (κ2) is 8.22. The summed E-state index contributed by atoms with van der Waals surface area (Å²) < 4.78 is 18.4. The molecule has 0 unspecified atom stereocenters. The van der Waals surface area contributed by atoms with Crippen LogP contribution < -0.4 is 5.32 Å². The maximum atomic E-state index is 13.1. The highest BCUT2D eigenvalue weighted by molar-refractivity contribution is 7.14. The number of aliphatic hydroxyl groups is 1. The molecule has 0 saturated carbocycles. The van der Waals surface area contributed by atoms with E-state index in [1.54, 1.807) is 39.8 Å². The van der Waals surface area contributed by atoms with Crippen LogP contribution in [-0.4, -0.2) is 38.3 Å². The second-order valence-electron chi connectivity index (χ2n) is 7.16. The van der Waals surface area contributed by atoms with Crippen LogP contribution in [0.5, 0.6) is 0 Å². The second-order valence-corrected chi connectivity index (χ2v) is 8.19. The third kappa shape index (κ3) is 4.75. The molecule has 7 nitrogen and oxygen atoms in total. The van der Waals surface area contributed by atoms with Crippen LogP contribution in [0, 0.1) is 19.7 Å². The van der Waals surface area contributed by atoms with Crippen molar-refractivity contribution in [3.63, 3.8) is 0 Å². The van der Waals surface area contributed by atoms with E-state index in [0.29, 0.717) is 38.3 Å². The van der Waals surface area contributed by atoms with Crippen molar-refractivity contribution in [3.8, 4) is 11.4 Å². The SMILES string of the molecule is Cc1nc(C=Cc2c(-c3ccc(F)cn3)noc2C)sc1C(=O)NC(C)(C)CO. The molecule has 0 fully saturated rings. The summed E-state index contributed by atoms with van der Waals surface area (Å²) in [5, 5.41) is 16.8. The molecular weight excluding hydrogens is 395 g/mol. The molecule has 2 N–H and O–H groups in total. The lowest BCUT2D eigenvalue weighted by Crippen LogP contribution is -2.46. The van der Waals surface area contributed by atoms with Gasteiger partial charge in [0.25, 0.3) is 5.91 Å². The molecule has 0 bridgehead atoms. The van der Waals surface area contributed by atoms with Gasteiger partial charge in [0.15, 0.2) is 0 Å². The first-order valence-electron chi connectivity index (χ1n) is 8.87. The fourth-order valence-corrected chi connectivity index (χ4v) is 3.40. The molecule has 0 aliphatic heterocycles. The first-order valence-corrected chi connectivity index (χ1v) is 9.69. The summed E-state index contributed by atoms with van der Waals surface area (Å²) in [5.74, 6) is -0.131. The summed E-state index contributed by atoms with van der Waals surface area (Å²) in [6.45, 7) is 6.83. The smallest absolute Gasteiger partial charge is 0.263 e. The minimum atomic E-state index is -0.722. The third-order valence-electron chi connectivity index (χ3n) is 4.14. The predicted molar refractivity (Wildman–Crippen MR) is 109 cm³/mol. The Morgan fingerprint density at radius 2 is 2.10 bits per heavy atom. The minimum absolute atomic E-state index is 0.170. The van der Waals surface area contributed by atoms with E-state index in [1.807, 2.05) is 0 Å². The van der Waals surface area contributed by atoms with Gasteiger partial charge in [-0.3, -0.25) is 9.78 Å². The Balaban J connectivity index is 1.86. The van der Waals surface area contributed by atoms with Gasteiger partial charge >= 0.3 is 0 Å². The minimum Gasteiger partial charge on any atom is -0.394 e. The van der Waals surface area contributed by atoms with Gasteiger partial charge in [0.1, 0.15) is 27.2 Å². The number of amides is 1. The summed E-state index contributed by atoms with van der Waals surface area (Å²) in [4.78, 5) is 21.4. The van der Waals surface area contributed by atoms with Crippen molar-refractivity contribution in [2.45, 2.75) is 33.2 Å². The van der Waals surface area contributed by atoms with Gasteiger partial charge in [0.05, 0.1) is 29.7 Å². The number of thiazole rings is 1. The first kappa shape index (κ1) is 20.8. The molecule has 0 saturated heterocycles. The molecule has 0 atom stereocenters. The maximum absolute atomic E-state index is 13.1. The van der Waals surface area contributed by atoms with E-state index in [9.17, 15) is 14.3 Å². The molecular formula is C20H21FN4O3S. The van der Waals surface area contributed by atoms with Gasteiger partial charge in [-0.1, -0.05) is 5.16 Å². The summed E-state index contributed by atoms with van der Waals surface area (Å²) in [7, 11) is 0. The molecule has 152 valence electrons. The molecule has 0 aromatic carbocycles. The molecule has 3 rings (SSSR count). The molecule has 0 radical (unpaired) electrons. The Bertz CT molecular complexity index is 1050. The highest BCUT2D eigenvalue weighted by atomic mass is 32.1. The Morgan fingerprint density at radius 1 is 1.34 bits per heavy atom. The number of hydrogen-bond donors (Lipinski definition) is 2. The molecule has 0 aliphatic rings. The summed E-state index contributed by atoms with van der Waals surface area (Å²) in [6.07, 6.45) is 4.66. The zero-order valence-electron chi connectivity index (χ0n) is 16.5. The number of carbonyl (C=O) groups excluding carboxylic acids is 1. The fraction of sp³-hybridized carbons (Fsp3) is 0.300. The summed E-state index contributed by atoms with van der Waals surface area (Å²) in [5.41, 5.74) is 1.56. The number of halogens is 1. The Kier molecular flexibility index (Phi) is 5.90. The Labute approximate surface area is 171 Å². The van der Waals surface area contributed by atoms with Crippen LogP contribution in [0.15, 0.2) is 22.9 Å². The van der Waals surface area contributed by atoms with Crippen LogP contribution in [-0.2, 0) is 0 Å². The molecule has 3 heterocycles. The molecule has 1 amide bonds. The number of pyridine rings is 1. The first-order chi connectivity index (χ1) is 13.7. The molecule has 3 aromatic heterocycles. The number of aliphatic hydroxyl groups excluding tert-OH is 1. The van der Waals surface area contributed by atoms with Crippen LogP contribution in [0.2, 0.25) is 0 Å². The number of nitrogens with zero attached hydrogens (tertiary/aromatic N) is 3. The van der Waals surface area contributed by atoms with Gasteiger partial charge in [0, 0.05) is 5.56 Å². The van der Waals surface area contributed by atoms with Crippen molar-refractivity contribution >= 4 is 29.4 Å². The predicted octanol–water partition coefficient (Wildman–Crippen LogP) is 3.62. The largest absolute Gasteiger partial charge is 0.394 e. The number of hydrogen-bond acceptors (Lipinski definition) is 7. The van der Waals surface area contributed by atoms with Crippen molar-refractivity contribution in [3.05, 3.63) is 51.0 Å². The standard InChI is InChI=1S/C20H21FN4O3S/c1-11-18(19(27)24-20(3,4)10-26)29-16(23-11)8-6-14-12(2)28-25-17(14)15-7-5-13(21)9-22-15/h5-9,26H,10H2,1-4H3,(H,24,27). The molecule has 9 heteroatoms. The lowest BCUT2D eigenvalue weighted by atomic mass is 10.1. The van der Waals surface area contributed by atoms with E-state index in [2.05, 4.69) is 20.4 Å². The number of aryl methyl sites for hydroxylation is 2. The van der Waals surface area contributed by atoms with Crippen molar-refractivity contribution in [2.24, 2.45) is 0 Å². The van der Waals surface area contributed by atoms with Crippen LogP contribution in [0.4, 0.5) is 4.39 Å². The fourth-order valence-electron chi connectivity index (χ4n) is 2.53. The zero-order chi connectivity index (χ0) is 21.2. The van der Waals surface area contributed by atoms with Crippen LogP contribution in [0.25, 0.3) is 23.5 Å². The van der Waals surface area contributed by atoms with E-state index < -0.39 is 11.4 Å². The zero-order valence-corrected chi connectivity index (χ0v) is 17.3. The Hall–Kier alpha value is -2.91. The van der Waals surface area contributed by atoms with E-state index >= 15 is 0 Å². The number of nitrogens with one attached hydrogen (secondary N) is 1. The van der Waals surface area contributed by atoms with Gasteiger partial charge in [0.2, 0.25) is 0 Å². The number of carbonyl (C=O) groups is 1. The topological polar surface area (TPSA) is 101 Å². The van der Waals surface area contributed by atoms with Crippen molar-refractivity contribution in [1.82, 2.24) is 20.4 Å². The molecule has 0 spiro atoms. The van der Waals surface area contributed by atoms with Gasteiger partial charge in [-0.25, -0.2) is 9.37 Å².